The number of hydrogen-bond acceptors (Lipinski definition) is 4. The van der Waals surface area contributed by atoms with Crippen molar-refractivity contribution in [2.24, 2.45) is 5.73 Å². The van der Waals surface area contributed by atoms with Crippen LogP contribution in [0.15, 0.2) is 30.3 Å². The number of hydrogen-bond donors (Lipinski definition) is 2. The molecular formula is C17H27ClN2O3. The van der Waals surface area contributed by atoms with Crippen molar-refractivity contribution in [3.8, 4) is 0 Å². The first-order valence-electron chi connectivity index (χ1n) is 7.87. The molecule has 0 heterocycles. The Morgan fingerprint density at radius 1 is 1.17 bits per heavy atom. The lowest BCUT2D eigenvalue weighted by atomic mass is 10.1. The van der Waals surface area contributed by atoms with Crippen LogP contribution in [0.5, 0.6) is 0 Å². The number of nitrogens with two attached hydrogens (primary N) is 1. The first-order valence-corrected chi connectivity index (χ1v) is 7.87. The van der Waals surface area contributed by atoms with Crippen molar-refractivity contribution < 1.29 is 14.3 Å². The maximum absolute atomic E-state index is 11.9. The van der Waals surface area contributed by atoms with Crippen LogP contribution in [0.3, 0.4) is 0 Å². The molecule has 0 fully saturated rings. The van der Waals surface area contributed by atoms with Gasteiger partial charge in [-0.05, 0) is 12.0 Å². The molecule has 23 heavy (non-hydrogen) atoms. The highest BCUT2D eigenvalue weighted by atomic mass is 35.5. The van der Waals surface area contributed by atoms with Gasteiger partial charge < -0.3 is 15.8 Å². The largest absolute Gasteiger partial charge is 0.459 e. The van der Waals surface area contributed by atoms with Gasteiger partial charge in [-0.25, -0.2) is 4.79 Å². The summed E-state index contributed by atoms with van der Waals surface area (Å²) in [6.45, 7) is 2.34. The maximum atomic E-state index is 11.9. The highest BCUT2D eigenvalue weighted by Crippen LogP contribution is 2.04. The number of ether oxygens (including phenoxy) is 1. The molecule has 1 aromatic carbocycles. The van der Waals surface area contributed by atoms with E-state index in [9.17, 15) is 9.59 Å². The summed E-state index contributed by atoms with van der Waals surface area (Å²) >= 11 is 0. The van der Waals surface area contributed by atoms with E-state index < -0.39 is 12.0 Å². The van der Waals surface area contributed by atoms with Crippen LogP contribution in [-0.2, 0) is 20.9 Å². The number of rotatable bonds is 10. The van der Waals surface area contributed by atoms with E-state index in [0.717, 1.165) is 31.2 Å². The van der Waals surface area contributed by atoms with Gasteiger partial charge in [0.2, 0.25) is 5.91 Å². The lowest BCUT2D eigenvalue weighted by molar-refractivity contribution is -0.148. The Morgan fingerprint density at radius 3 is 2.48 bits per heavy atom. The fourth-order valence-electron chi connectivity index (χ4n) is 2.02. The van der Waals surface area contributed by atoms with Crippen molar-refractivity contribution >= 4 is 24.3 Å². The van der Waals surface area contributed by atoms with E-state index in [4.69, 9.17) is 10.5 Å². The minimum Gasteiger partial charge on any atom is -0.459 e. The van der Waals surface area contributed by atoms with Crippen molar-refractivity contribution in [2.45, 2.75) is 51.7 Å². The van der Waals surface area contributed by atoms with E-state index in [1.54, 1.807) is 0 Å². The number of halogens is 1. The average molecular weight is 343 g/mol. The minimum atomic E-state index is -0.776. The lowest BCUT2D eigenvalue weighted by Gasteiger charge is -2.16. The zero-order valence-electron chi connectivity index (χ0n) is 13.6. The van der Waals surface area contributed by atoms with Gasteiger partial charge in [0.1, 0.15) is 12.6 Å². The molecule has 0 saturated carbocycles. The van der Waals surface area contributed by atoms with Gasteiger partial charge in [-0.3, -0.25) is 4.79 Å². The van der Waals surface area contributed by atoms with Gasteiger partial charge in [-0.2, -0.15) is 0 Å². The fraction of sp³-hybridized carbons (Fsp3) is 0.529. The minimum absolute atomic E-state index is 0. The third-order valence-electron chi connectivity index (χ3n) is 3.34. The second-order valence-corrected chi connectivity index (χ2v) is 5.26. The monoisotopic (exact) mass is 342 g/mol. The SMILES string of the molecule is CCCCCCC(=O)N[C@H](CN)C(=O)OCc1ccccc1.Cl. The van der Waals surface area contributed by atoms with Gasteiger partial charge in [-0.15, -0.1) is 12.4 Å². The van der Waals surface area contributed by atoms with Gasteiger partial charge in [0, 0.05) is 13.0 Å². The van der Waals surface area contributed by atoms with Crippen LogP contribution < -0.4 is 11.1 Å². The molecule has 1 amide bonds. The molecule has 1 rings (SSSR count). The number of esters is 1. The fourth-order valence-corrected chi connectivity index (χ4v) is 2.02. The summed E-state index contributed by atoms with van der Waals surface area (Å²) in [6, 6.07) is 8.62. The molecular weight excluding hydrogens is 316 g/mol. The number of benzene rings is 1. The zero-order chi connectivity index (χ0) is 16.2. The number of amides is 1. The molecule has 5 nitrogen and oxygen atoms in total. The van der Waals surface area contributed by atoms with Crippen LogP contribution in [0, 0.1) is 0 Å². The second kappa shape index (κ2) is 12.9. The molecule has 0 aliphatic carbocycles. The zero-order valence-corrected chi connectivity index (χ0v) is 14.4. The van der Waals surface area contributed by atoms with Crippen LogP contribution in [0.25, 0.3) is 0 Å². The summed E-state index contributed by atoms with van der Waals surface area (Å²) in [6.07, 6.45) is 4.51. The van der Waals surface area contributed by atoms with Crippen molar-refractivity contribution in [3.63, 3.8) is 0 Å². The topological polar surface area (TPSA) is 81.4 Å². The average Bonchev–Trinajstić information content (AvgIpc) is 2.55. The number of nitrogens with one attached hydrogen (secondary N) is 1. The molecule has 0 bridgehead atoms. The van der Waals surface area contributed by atoms with Crippen LogP contribution in [-0.4, -0.2) is 24.5 Å². The van der Waals surface area contributed by atoms with Crippen molar-refractivity contribution in [1.82, 2.24) is 5.32 Å². The Labute approximate surface area is 144 Å². The van der Waals surface area contributed by atoms with E-state index in [1.165, 1.54) is 0 Å². The van der Waals surface area contributed by atoms with Gasteiger partial charge in [-0.1, -0.05) is 56.5 Å². The normalized spacial score (nSPS) is 11.2. The van der Waals surface area contributed by atoms with E-state index in [2.05, 4.69) is 12.2 Å². The third kappa shape index (κ3) is 9.21. The van der Waals surface area contributed by atoms with Crippen LogP contribution in [0.4, 0.5) is 0 Å². The number of carbonyl (C=O) groups excluding carboxylic acids is 2. The number of unbranched alkanes of at least 4 members (excludes halogenated alkanes) is 3. The number of carbonyl (C=O) groups is 2. The Bertz CT molecular complexity index is 454. The summed E-state index contributed by atoms with van der Waals surface area (Å²) in [7, 11) is 0. The standard InChI is InChI=1S/C17H26N2O3.ClH/c1-2-3-4-8-11-16(20)19-15(12-18)17(21)22-13-14-9-6-5-7-10-14;/h5-7,9-10,15H,2-4,8,11-13,18H2,1H3,(H,19,20);1H/t15-;/m1./s1. The summed E-state index contributed by atoms with van der Waals surface area (Å²) < 4.78 is 5.19. The molecule has 3 N–H and O–H groups in total. The first kappa shape index (κ1) is 21.4. The first-order chi connectivity index (χ1) is 10.7. The Kier molecular flexibility index (Phi) is 12.0. The second-order valence-electron chi connectivity index (χ2n) is 5.26. The van der Waals surface area contributed by atoms with Gasteiger partial charge in [0.25, 0.3) is 0 Å². The highest BCUT2D eigenvalue weighted by molar-refractivity contribution is 5.85. The Morgan fingerprint density at radius 2 is 1.87 bits per heavy atom. The van der Waals surface area contributed by atoms with E-state index in [0.29, 0.717) is 6.42 Å². The van der Waals surface area contributed by atoms with Crippen molar-refractivity contribution in [3.05, 3.63) is 35.9 Å². The lowest BCUT2D eigenvalue weighted by Crippen LogP contribution is -2.46. The molecule has 0 unspecified atom stereocenters. The maximum Gasteiger partial charge on any atom is 0.330 e. The quantitative estimate of drug-likeness (QED) is 0.506. The molecule has 0 aliphatic heterocycles. The van der Waals surface area contributed by atoms with Crippen LogP contribution in [0.1, 0.15) is 44.6 Å². The predicted molar refractivity (Wildman–Crippen MR) is 93.2 cm³/mol. The smallest absolute Gasteiger partial charge is 0.330 e. The molecule has 0 spiro atoms. The van der Waals surface area contributed by atoms with Crippen molar-refractivity contribution in [1.29, 1.82) is 0 Å². The summed E-state index contributed by atoms with van der Waals surface area (Å²) in [5, 5.41) is 2.64. The van der Waals surface area contributed by atoms with Gasteiger partial charge >= 0.3 is 5.97 Å². The molecule has 130 valence electrons. The van der Waals surface area contributed by atoms with Gasteiger partial charge in [0.05, 0.1) is 0 Å². The molecule has 0 radical (unpaired) electrons. The highest BCUT2D eigenvalue weighted by Gasteiger charge is 2.20. The molecule has 0 aromatic heterocycles. The van der Waals surface area contributed by atoms with Crippen LogP contribution in [0.2, 0.25) is 0 Å². The van der Waals surface area contributed by atoms with Gasteiger partial charge in [0.15, 0.2) is 0 Å². The molecule has 0 aliphatic rings. The van der Waals surface area contributed by atoms with E-state index in [-0.39, 0.29) is 31.5 Å². The third-order valence-corrected chi connectivity index (χ3v) is 3.34. The predicted octanol–water partition coefficient (Wildman–Crippen LogP) is 2.57. The van der Waals surface area contributed by atoms with Crippen LogP contribution >= 0.6 is 12.4 Å². The molecule has 0 saturated heterocycles. The molecule has 1 aromatic rings. The van der Waals surface area contributed by atoms with Crippen molar-refractivity contribution in [2.75, 3.05) is 6.54 Å². The molecule has 1 atom stereocenters. The van der Waals surface area contributed by atoms with E-state index >= 15 is 0 Å². The molecule has 6 heteroatoms. The Balaban J connectivity index is 0.00000484. The summed E-state index contributed by atoms with van der Waals surface area (Å²) in [5.41, 5.74) is 6.45. The Hall–Kier alpha value is -1.59. The summed E-state index contributed by atoms with van der Waals surface area (Å²) in [4.78, 5) is 23.7. The van der Waals surface area contributed by atoms with E-state index in [1.807, 2.05) is 30.3 Å². The summed E-state index contributed by atoms with van der Waals surface area (Å²) in [5.74, 6) is -0.642.